The summed E-state index contributed by atoms with van der Waals surface area (Å²) in [7, 11) is 0. The van der Waals surface area contributed by atoms with Crippen LogP contribution in [0.5, 0.6) is 0 Å². The van der Waals surface area contributed by atoms with E-state index in [4.69, 9.17) is 4.42 Å². The Morgan fingerprint density at radius 1 is 1.09 bits per heavy atom. The summed E-state index contributed by atoms with van der Waals surface area (Å²) in [5.74, 6) is 1.77. The van der Waals surface area contributed by atoms with E-state index in [0.717, 1.165) is 48.9 Å². The monoisotopic (exact) mass is 308 g/mol. The number of aromatic nitrogens is 3. The Labute approximate surface area is 135 Å². The van der Waals surface area contributed by atoms with Gasteiger partial charge in [0.2, 0.25) is 0 Å². The lowest BCUT2D eigenvalue weighted by atomic mass is 9.95. The summed E-state index contributed by atoms with van der Waals surface area (Å²) in [4.78, 5) is 4.14. The van der Waals surface area contributed by atoms with Crippen LogP contribution in [-0.4, -0.2) is 33.0 Å². The molecule has 5 nitrogen and oxygen atoms in total. The SMILES string of the molecule is Cc1nn(-c2ccccc2)nc1CN1CC(Cc2ccco2)C1. The van der Waals surface area contributed by atoms with Crippen LogP contribution in [0.25, 0.3) is 5.69 Å². The highest BCUT2D eigenvalue weighted by molar-refractivity contribution is 5.29. The van der Waals surface area contributed by atoms with Crippen molar-refractivity contribution in [2.75, 3.05) is 13.1 Å². The van der Waals surface area contributed by atoms with E-state index in [9.17, 15) is 0 Å². The lowest BCUT2D eigenvalue weighted by Gasteiger charge is -2.38. The summed E-state index contributed by atoms with van der Waals surface area (Å²) in [6.07, 6.45) is 2.77. The molecule has 23 heavy (non-hydrogen) atoms. The fourth-order valence-electron chi connectivity index (χ4n) is 3.09. The van der Waals surface area contributed by atoms with Gasteiger partial charge < -0.3 is 4.42 Å². The van der Waals surface area contributed by atoms with Gasteiger partial charge in [0.05, 0.1) is 17.6 Å². The van der Waals surface area contributed by atoms with Crippen LogP contribution in [0.15, 0.2) is 53.1 Å². The normalized spacial score (nSPS) is 15.7. The van der Waals surface area contributed by atoms with Gasteiger partial charge in [-0.25, -0.2) is 0 Å². The summed E-state index contributed by atoms with van der Waals surface area (Å²) in [5, 5.41) is 9.18. The van der Waals surface area contributed by atoms with Crippen LogP contribution < -0.4 is 0 Å². The Kier molecular flexibility index (Phi) is 3.71. The van der Waals surface area contributed by atoms with Crippen LogP contribution in [0, 0.1) is 12.8 Å². The summed E-state index contributed by atoms with van der Waals surface area (Å²) in [6, 6.07) is 14.1. The lowest BCUT2D eigenvalue weighted by molar-refractivity contribution is 0.0872. The molecule has 0 atom stereocenters. The van der Waals surface area contributed by atoms with E-state index in [-0.39, 0.29) is 0 Å². The first kappa shape index (κ1) is 14.2. The third kappa shape index (κ3) is 3.05. The third-order valence-corrected chi connectivity index (χ3v) is 4.34. The van der Waals surface area contributed by atoms with Crippen LogP contribution >= 0.6 is 0 Å². The predicted octanol–water partition coefficient (Wildman–Crippen LogP) is 2.84. The predicted molar refractivity (Wildman–Crippen MR) is 87.3 cm³/mol. The van der Waals surface area contributed by atoms with E-state index in [1.165, 1.54) is 0 Å². The summed E-state index contributed by atoms with van der Waals surface area (Å²) in [5.41, 5.74) is 3.06. The van der Waals surface area contributed by atoms with Gasteiger partial charge in [-0.15, -0.1) is 0 Å². The van der Waals surface area contributed by atoms with Crippen molar-refractivity contribution in [3.63, 3.8) is 0 Å². The largest absolute Gasteiger partial charge is 0.469 e. The topological polar surface area (TPSA) is 47.1 Å². The minimum atomic E-state index is 0.686. The molecular formula is C18H20N4O. The molecule has 2 aromatic heterocycles. The minimum absolute atomic E-state index is 0.686. The molecule has 0 radical (unpaired) electrons. The van der Waals surface area contributed by atoms with Gasteiger partial charge >= 0.3 is 0 Å². The third-order valence-electron chi connectivity index (χ3n) is 4.34. The molecule has 0 bridgehead atoms. The summed E-state index contributed by atoms with van der Waals surface area (Å²) < 4.78 is 5.42. The van der Waals surface area contributed by atoms with Crippen LogP contribution in [0.4, 0.5) is 0 Å². The molecule has 1 fully saturated rings. The highest BCUT2D eigenvalue weighted by atomic mass is 16.3. The van der Waals surface area contributed by atoms with Gasteiger partial charge in [-0.3, -0.25) is 4.90 Å². The van der Waals surface area contributed by atoms with Crippen LogP contribution in [0.3, 0.4) is 0 Å². The first-order valence-corrected chi connectivity index (χ1v) is 8.01. The van der Waals surface area contributed by atoms with Crippen molar-refractivity contribution in [1.29, 1.82) is 0 Å². The summed E-state index contributed by atoms with van der Waals surface area (Å²) >= 11 is 0. The number of aryl methyl sites for hydroxylation is 1. The molecule has 1 aliphatic heterocycles. The van der Waals surface area contributed by atoms with Gasteiger partial charge in [0, 0.05) is 26.1 Å². The Morgan fingerprint density at radius 2 is 1.91 bits per heavy atom. The number of likely N-dealkylation sites (tertiary alicyclic amines) is 1. The lowest BCUT2D eigenvalue weighted by Crippen LogP contribution is -2.46. The fraction of sp³-hybridized carbons (Fsp3) is 0.333. The minimum Gasteiger partial charge on any atom is -0.469 e. The zero-order valence-electron chi connectivity index (χ0n) is 13.2. The number of rotatable bonds is 5. The number of benzene rings is 1. The van der Waals surface area contributed by atoms with Crippen molar-refractivity contribution in [2.45, 2.75) is 19.9 Å². The maximum atomic E-state index is 5.42. The van der Waals surface area contributed by atoms with Crippen molar-refractivity contribution < 1.29 is 4.42 Å². The molecule has 0 spiro atoms. The Morgan fingerprint density at radius 3 is 2.65 bits per heavy atom. The van der Waals surface area contributed by atoms with E-state index in [2.05, 4.69) is 21.2 Å². The van der Waals surface area contributed by atoms with E-state index in [1.54, 1.807) is 11.1 Å². The molecule has 1 aliphatic rings. The molecule has 0 amide bonds. The molecule has 5 heteroatoms. The Hall–Kier alpha value is -2.40. The maximum absolute atomic E-state index is 5.42. The van der Waals surface area contributed by atoms with Gasteiger partial charge in [-0.2, -0.15) is 15.0 Å². The number of nitrogens with zero attached hydrogens (tertiary/aromatic N) is 4. The van der Waals surface area contributed by atoms with E-state index < -0.39 is 0 Å². The van der Waals surface area contributed by atoms with E-state index >= 15 is 0 Å². The first-order chi connectivity index (χ1) is 11.3. The van der Waals surface area contributed by atoms with E-state index in [1.807, 2.05) is 43.3 Å². The molecular weight excluding hydrogens is 288 g/mol. The number of furan rings is 1. The molecule has 1 aromatic carbocycles. The molecule has 0 saturated carbocycles. The molecule has 0 unspecified atom stereocenters. The molecule has 1 saturated heterocycles. The number of hydrogen-bond donors (Lipinski definition) is 0. The van der Waals surface area contributed by atoms with Gasteiger partial charge in [0.1, 0.15) is 11.5 Å². The smallest absolute Gasteiger partial charge is 0.104 e. The molecule has 118 valence electrons. The van der Waals surface area contributed by atoms with Gasteiger partial charge in [-0.1, -0.05) is 18.2 Å². The molecule has 3 aromatic rings. The van der Waals surface area contributed by atoms with Crippen molar-refractivity contribution in [2.24, 2.45) is 5.92 Å². The molecule has 0 N–H and O–H groups in total. The van der Waals surface area contributed by atoms with Crippen molar-refractivity contribution in [3.05, 3.63) is 65.9 Å². The summed E-state index contributed by atoms with van der Waals surface area (Å²) in [6.45, 7) is 5.09. The molecule has 0 aliphatic carbocycles. The molecule has 4 rings (SSSR count). The zero-order chi connectivity index (χ0) is 15.6. The second-order valence-electron chi connectivity index (χ2n) is 6.20. The number of hydrogen-bond acceptors (Lipinski definition) is 4. The van der Waals surface area contributed by atoms with Gasteiger partial charge in [0.25, 0.3) is 0 Å². The average Bonchev–Trinajstić information content (AvgIpc) is 3.16. The second kappa shape index (κ2) is 6.01. The fourth-order valence-corrected chi connectivity index (χ4v) is 3.09. The van der Waals surface area contributed by atoms with Crippen LogP contribution in [0.2, 0.25) is 0 Å². The zero-order valence-corrected chi connectivity index (χ0v) is 13.2. The van der Waals surface area contributed by atoms with Crippen molar-refractivity contribution >= 4 is 0 Å². The first-order valence-electron chi connectivity index (χ1n) is 8.01. The van der Waals surface area contributed by atoms with E-state index in [0.29, 0.717) is 5.92 Å². The van der Waals surface area contributed by atoms with Crippen LogP contribution in [0.1, 0.15) is 17.1 Å². The van der Waals surface area contributed by atoms with Gasteiger partial charge in [0.15, 0.2) is 0 Å². The Bertz CT molecular complexity index is 758. The maximum Gasteiger partial charge on any atom is 0.104 e. The standard InChI is InChI=1S/C18H20N4O/c1-14-18(20-22(19-14)16-6-3-2-4-7-16)13-21-11-15(12-21)10-17-8-5-9-23-17/h2-9,15H,10-13H2,1H3. The highest BCUT2D eigenvalue weighted by Crippen LogP contribution is 2.23. The molecule has 3 heterocycles. The average molecular weight is 308 g/mol. The van der Waals surface area contributed by atoms with Crippen molar-refractivity contribution in [1.82, 2.24) is 19.9 Å². The number of para-hydroxylation sites is 1. The highest BCUT2D eigenvalue weighted by Gasteiger charge is 2.28. The van der Waals surface area contributed by atoms with Crippen molar-refractivity contribution in [3.8, 4) is 5.69 Å². The van der Waals surface area contributed by atoms with Crippen LogP contribution in [-0.2, 0) is 13.0 Å². The Balaban J connectivity index is 1.36. The van der Waals surface area contributed by atoms with Gasteiger partial charge in [-0.05, 0) is 37.1 Å². The quantitative estimate of drug-likeness (QED) is 0.727. The second-order valence-corrected chi connectivity index (χ2v) is 6.20.